The van der Waals surface area contributed by atoms with Crippen LogP contribution < -0.4 is 10.6 Å². The van der Waals surface area contributed by atoms with Crippen LogP contribution in [0.4, 0.5) is 4.39 Å². The van der Waals surface area contributed by atoms with Gasteiger partial charge in [-0.2, -0.15) is 11.8 Å². The fourth-order valence-electron chi connectivity index (χ4n) is 2.86. The smallest absolute Gasteiger partial charge is 0.191 e. The van der Waals surface area contributed by atoms with E-state index in [9.17, 15) is 4.39 Å². The van der Waals surface area contributed by atoms with E-state index in [0.29, 0.717) is 13.1 Å². The van der Waals surface area contributed by atoms with Crippen molar-refractivity contribution >= 4 is 17.7 Å². The van der Waals surface area contributed by atoms with Gasteiger partial charge in [0, 0.05) is 32.4 Å². The fraction of sp³-hybridized carbons (Fsp3) is 0.381. The molecule has 0 aliphatic rings. The van der Waals surface area contributed by atoms with E-state index < -0.39 is 0 Å². The molecule has 0 aromatic heterocycles. The minimum Gasteiger partial charge on any atom is -0.352 e. The number of aliphatic imine (C=N–C) groups is 1. The molecule has 0 unspecified atom stereocenters. The van der Waals surface area contributed by atoms with Gasteiger partial charge in [0.1, 0.15) is 5.82 Å². The summed E-state index contributed by atoms with van der Waals surface area (Å²) in [7, 11) is 5.90. The van der Waals surface area contributed by atoms with E-state index in [0.717, 1.165) is 29.4 Å². The highest BCUT2D eigenvalue weighted by Gasteiger charge is 2.07. The van der Waals surface area contributed by atoms with E-state index in [1.54, 1.807) is 24.9 Å². The highest BCUT2D eigenvalue weighted by atomic mass is 32.2. The highest BCUT2D eigenvalue weighted by Crippen LogP contribution is 2.16. The van der Waals surface area contributed by atoms with Gasteiger partial charge in [0.2, 0.25) is 0 Å². The Morgan fingerprint density at radius 1 is 1.00 bits per heavy atom. The monoisotopic (exact) mass is 388 g/mol. The molecule has 0 amide bonds. The Hall–Kier alpha value is -2.05. The highest BCUT2D eigenvalue weighted by molar-refractivity contribution is 7.97. The number of hydrogen-bond acceptors (Lipinski definition) is 3. The van der Waals surface area contributed by atoms with E-state index >= 15 is 0 Å². The van der Waals surface area contributed by atoms with Crippen molar-refractivity contribution in [3.05, 3.63) is 70.5 Å². The Morgan fingerprint density at radius 3 is 2.22 bits per heavy atom. The van der Waals surface area contributed by atoms with Gasteiger partial charge in [-0.05, 0) is 54.7 Å². The lowest BCUT2D eigenvalue weighted by Crippen LogP contribution is -2.36. The Kier molecular flexibility index (Phi) is 8.61. The van der Waals surface area contributed by atoms with Crippen molar-refractivity contribution < 1.29 is 4.39 Å². The molecule has 2 aromatic carbocycles. The number of nitrogens with zero attached hydrogens (tertiary/aromatic N) is 2. The fourth-order valence-corrected chi connectivity index (χ4v) is 3.44. The predicted octanol–water partition coefficient (Wildman–Crippen LogP) is 3.62. The summed E-state index contributed by atoms with van der Waals surface area (Å²) in [5, 5.41) is 6.70. The Bertz CT molecular complexity index is 762. The van der Waals surface area contributed by atoms with Gasteiger partial charge in [-0.25, -0.2) is 4.39 Å². The lowest BCUT2D eigenvalue weighted by molar-refractivity contribution is 0.400. The second kappa shape index (κ2) is 10.9. The summed E-state index contributed by atoms with van der Waals surface area (Å²) in [5.74, 6) is 1.33. The van der Waals surface area contributed by atoms with Crippen LogP contribution in [0.5, 0.6) is 0 Å². The first kappa shape index (κ1) is 21.3. The zero-order valence-electron chi connectivity index (χ0n) is 16.6. The molecule has 0 saturated heterocycles. The first-order valence-electron chi connectivity index (χ1n) is 8.95. The van der Waals surface area contributed by atoms with Gasteiger partial charge >= 0.3 is 0 Å². The van der Waals surface area contributed by atoms with Crippen LogP contribution in [0, 0.1) is 5.82 Å². The van der Waals surface area contributed by atoms with Gasteiger partial charge in [0.25, 0.3) is 0 Å². The second-order valence-corrected chi connectivity index (χ2v) is 7.50. The Labute approximate surface area is 166 Å². The lowest BCUT2D eigenvalue weighted by Gasteiger charge is -2.17. The first-order chi connectivity index (χ1) is 13.0. The molecule has 2 aromatic rings. The van der Waals surface area contributed by atoms with Crippen LogP contribution in [0.25, 0.3) is 0 Å². The second-order valence-electron chi connectivity index (χ2n) is 6.63. The van der Waals surface area contributed by atoms with Crippen molar-refractivity contribution in [3.8, 4) is 0 Å². The van der Waals surface area contributed by atoms with Crippen LogP contribution >= 0.6 is 11.8 Å². The van der Waals surface area contributed by atoms with Gasteiger partial charge < -0.3 is 15.5 Å². The molecule has 146 valence electrons. The van der Waals surface area contributed by atoms with Gasteiger partial charge in [0.15, 0.2) is 5.96 Å². The maximum Gasteiger partial charge on any atom is 0.191 e. The summed E-state index contributed by atoms with van der Waals surface area (Å²) in [4.78, 5) is 6.47. The number of rotatable bonds is 8. The van der Waals surface area contributed by atoms with Crippen molar-refractivity contribution in [1.82, 2.24) is 15.5 Å². The standard InChI is InChI=1S/C21H29FN4S/c1-23-21(24-12-16-7-5-6-8-18(16)14-26(2)3)25-13-17-9-10-20(22)11-19(17)15-27-4/h5-11H,12-15H2,1-4H3,(H2,23,24,25). The van der Waals surface area contributed by atoms with Crippen molar-refractivity contribution in [2.75, 3.05) is 27.4 Å². The molecule has 2 N–H and O–H groups in total. The van der Waals surface area contributed by atoms with E-state index in [-0.39, 0.29) is 5.82 Å². The third kappa shape index (κ3) is 6.88. The molecular formula is C21H29FN4S. The van der Waals surface area contributed by atoms with Crippen molar-refractivity contribution in [2.24, 2.45) is 4.99 Å². The maximum atomic E-state index is 13.5. The molecule has 0 saturated carbocycles. The number of thioether (sulfide) groups is 1. The lowest BCUT2D eigenvalue weighted by atomic mass is 10.1. The summed E-state index contributed by atoms with van der Waals surface area (Å²) in [6.07, 6.45) is 2.02. The molecule has 0 radical (unpaired) electrons. The van der Waals surface area contributed by atoms with Gasteiger partial charge in [-0.1, -0.05) is 30.3 Å². The van der Waals surface area contributed by atoms with Gasteiger partial charge in [-0.3, -0.25) is 4.99 Å². The Morgan fingerprint density at radius 2 is 1.63 bits per heavy atom. The van der Waals surface area contributed by atoms with Crippen LogP contribution in [-0.4, -0.2) is 38.3 Å². The van der Waals surface area contributed by atoms with Crippen LogP contribution in [0.15, 0.2) is 47.5 Å². The van der Waals surface area contributed by atoms with E-state index in [2.05, 4.69) is 58.9 Å². The number of guanidine groups is 1. The summed E-state index contributed by atoms with van der Waals surface area (Å²) in [6.45, 7) is 2.21. The zero-order valence-corrected chi connectivity index (χ0v) is 17.4. The summed E-state index contributed by atoms with van der Waals surface area (Å²) in [5.41, 5.74) is 4.65. The number of halogens is 1. The van der Waals surface area contributed by atoms with E-state index in [1.807, 2.05) is 12.3 Å². The number of hydrogen-bond donors (Lipinski definition) is 2. The quantitative estimate of drug-likeness (QED) is 0.535. The predicted molar refractivity (Wildman–Crippen MR) is 114 cm³/mol. The molecule has 0 atom stereocenters. The molecule has 0 aliphatic heterocycles. The van der Waals surface area contributed by atoms with Crippen LogP contribution in [0.2, 0.25) is 0 Å². The molecule has 0 spiro atoms. The molecule has 6 heteroatoms. The van der Waals surface area contributed by atoms with Gasteiger partial charge in [-0.15, -0.1) is 0 Å². The third-order valence-corrected chi connectivity index (χ3v) is 4.79. The zero-order chi connectivity index (χ0) is 19.6. The van der Waals surface area contributed by atoms with E-state index in [4.69, 9.17) is 0 Å². The van der Waals surface area contributed by atoms with Crippen LogP contribution in [-0.2, 0) is 25.4 Å². The number of benzene rings is 2. The summed E-state index contributed by atoms with van der Waals surface area (Å²) < 4.78 is 13.5. The summed E-state index contributed by atoms with van der Waals surface area (Å²) >= 11 is 1.69. The van der Waals surface area contributed by atoms with Crippen molar-refractivity contribution in [2.45, 2.75) is 25.4 Å². The SMILES string of the molecule is CN=C(NCc1ccc(F)cc1CSC)NCc1ccccc1CN(C)C. The van der Waals surface area contributed by atoms with Crippen molar-refractivity contribution in [1.29, 1.82) is 0 Å². The molecule has 0 bridgehead atoms. The topological polar surface area (TPSA) is 39.7 Å². The minimum atomic E-state index is -0.192. The molecule has 0 fully saturated rings. The van der Waals surface area contributed by atoms with Crippen LogP contribution in [0.3, 0.4) is 0 Å². The molecule has 0 aliphatic carbocycles. The maximum absolute atomic E-state index is 13.5. The number of nitrogens with one attached hydrogen (secondary N) is 2. The normalized spacial score (nSPS) is 11.7. The molecule has 4 nitrogen and oxygen atoms in total. The first-order valence-corrected chi connectivity index (χ1v) is 10.3. The molecule has 27 heavy (non-hydrogen) atoms. The van der Waals surface area contributed by atoms with Crippen molar-refractivity contribution in [3.63, 3.8) is 0 Å². The Balaban J connectivity index is 1.98. The van der Waals surface area contributed by atoms with Gasteiger partial charge in [0.05, 0.1) is 0 Å². The average Bonchev–Trinajstić information content (AvgIpc) is 2.64. The summed E-state index contributed by atoms with van der Waals surface area (Å²) in [6, 6.07) is 13.4. The third-order valence-electron chi connectivity index (χ3n) is 4.19. The minimum absolute atomic E-state index is 0.192. The largest absolute Gasteiger partial charge is 0.352 e. The molecule has 2 rings (SSSR count). The van der Waals surface area contributed by atoms with E-state index in [1.165, 1.54) is 17.2 Å². The molecular weight excluding hydrogens is 359 g/mol. The molecule has 0 heterocycles. The van der Waals surface area contributed by atoms with Crippen LogP contribution in [0.1, 0.15) is 22.3 Å². The average molecular weight is 389 g/mol.